The molecule has 1 saturated heterocycles. The third-order valence-corrected chi connectivity index (χ3v) is 7.13. The highest BCUT2D eigenvalue weighted by Gasteiger charge is 2.28. The third kappa shape index (κ3) is 4.62. The second kappa shape index (κ2) is 9.27. The van der Waals surface area contributed by atoms with Crippen LogP contribution in [0.2, 0.25) is 0 Å². The number of hydrogen-bond acceptors (Lipinski definition) is 8. The molecule has 0 aromatic heterocycles. The Hall–Kier alpha value is -2.95. The Labute approximate surface area is 185 Å². The van der Waals surface area contributed by atoms with Crippen LogP contribution in [0.1, 0.15) is 26.3 Å². The summed E-state index contributed by atoms with van der Waals surface area (Å²) in [6.45, 7) is 3.16. The van der Waals surface area contributed by atoms with Crippen molar-refractivity contribution in [3.05, 3.63) is 53.1 Å². The van der Waals surface area contributed by atoms with Crippen molar-refractivity contribution in [2.24, 2.45) is 0 Å². The van der Waals surface area contributed by atoms with Crippen molar-refractivity contribution in [3.8, 4) is 11.5 Å². The van der Waals surface area contributed by atoms with Gasteiger partial charge in [-0.1, -0.05) is 6.07 Å². The summed E-state index contributed by atoms with van der Waals surface area (Å²) in [4.78, 5) is 25.1. The van der Waals surface area contributed by atoms with Crippen LogP contribution in [-0.2, 0) is 19.5 Å². The Morgan fingerprint density at radius 2 is 1.69 bits per heavy atom. The Bertz CT molecular complexity index is 1140. The molecule has 2 aromatic carbocycles. The largest absolute Gasteiger partial charge is 0.486 e. The van der Waals surface area contributed by atoms with Crippen LogP contribution in [0.3, 0.4) is 0 Å². The molecule has 2 aliphatic rings. The molecule has 0 N–H and O–H groups in total. The fourth-order valence-electron chi connectivity index (χ4n) is 3.43. The van der Waals surface area contributed by atoms with Gasteiger partial charge in [0, 0.05) is 18.7 Å². The van der Waals surface area contributed by atoms with E-state index < -0.39 is 28.4 Å². The summed E-state index contributed by atoms with van der Waals surface area (Å²) < 4.78 is 48.4. The highest BCUT2D eigenvalue weighted by atomic mass is 32.2. The number of fused-ring (bicyclic) bond motifs is 1. The SMILES string of the molecule is Cc1ccc(S(=O)(=O)N2CCOCC2)cc1C(=O)OCC(=O)c1ccc2c(c1)OCCO2. The van der Waals surface area contributed by atoms with Gasteiger partial charge in [-0.3, -0.25) is 4.79 Å². The van der Waals surface area contributed by atoms with Crippen molar-refractivity contribution < 1.29 is 37.0 Å². The van der Waals surface area contributed by atoms with E-state index in [9.17, 15) is 18.0 Å². The summed E-state index contributed by atoms with van der Waals surface area (Å²) in [5.74, 6) is -0.165. The fourth-order valence-corrected chi connectivity index (χ4v) is 4.86. The van der Waals surface area contributed by atoms with Crippen LogP contribution in [0.15, 0.2) is 41.3 Å². The number of benzene rings is 2. The van der Waals surface area contributed by atoms with Gasteiger partial charge in [0.05, 0.1) is 23.7 Å². The summed E-state index contributed by atoms with van der Waals surface area (Å²) >= 11 is 0. The lowest BCUT2D eigenvalue weighted by atomic mass is 10.1. The Balaban J connectivity index is 1.46. The minimum Gasteiger partial charge on any atom is -0.486 e. The van der Waals surface area contributed by atoms with Crippen LogP contribution in [-0.4, -0.2) is 70.6 Å². The minimum absolute atomic E-state index is 0.00453. The summed E-state index contributed by atoms with van der Waals surface area (Å²) in [5, 5.41) is 0. The summed E-state index contributed by atoms with van der Waals surface area (Å²) in [5.41, 5.74) is 0.958. The van der Waals surface area contributed by atoms with E-state index in [4.69, 9.17) is 18.9 Å². The number of Topliss-reactive ketones (excluding diaryl/α,β-unsaturated/α-hetero) is 1. The predicted octanol–water partition coefficient (Wildman–Crippen LogP) is 1.83. The lowest BCUT2D eigenvalue weighted by molar-refractivity contribution is 0.0473. The molecule has 0 aliphatic carbocycles. The molecule has 1 fully saturated rings. The van der Waals surface area contributed by atoms with Gasteiger partial charge in [-0.25, -0.2) is 13.2 Å². The third-order valence-electron chi connectivity index (χ3n) is 5.24. The van der Waals surface area contributed by atoms with E-state index in [1.54, 1.807) is 31.2 Å². The fraction of sp³-hybridized carbons (Fsp3) is 0.364. The maximum absolute atomic E-state index is 12.9. The number of esters is 1. The number of rotatable bonds is 6. The maximum Gasteiger partial charge on any atom is 0.338 e. The molecule has 0 amide bonds. The number of ketones is 1. The molecule has 10 heteroatoms. The van der Waals surface area contributed by atoms with E-state index in [1.165, 1.54) is 16.4 Å². The van der Waals surface area contributed by atoms with Crippen molar-refractivity contribution in [2.75, 3.05) is 46.1 Å². The first-order chi connectivity index (χ1) is 15.4. The number of ether oxygens (including phenoxy) is 4. The summed E-state index contributed by atoms with van der Waals surface area (Å²) in [7, 11) is -3.77. The van der Waals surface area contributed by atoms with Gasteiger partial charge in [0.15, 0.2) is 23.9 Å². The molecule has 0 spiro atoms. The monoisotopic (exact) mass is 461 g/mol. The quantitative estimate of drug-likeness (QED) is 0.474. The number of aryl methyl sites for hydroxylation is 1. The molecule has 2 aromatic rings. The molecule has 4 rings (SSSR count). The van der Waals surface area contributed by atoms with Crippen LogP contribution < -0.4 is 9.47 Å². The lowest BCUT2D eigenvalue weighted by Crippen LogP contribution is -2.40. The Morgan fingerprint density at radius 1 is 0.969 bits per heavy atom. The molecule has 2 aliphatic heterocycles. The van der Waals surface area contributed by atoms with E-state index in [1.807, 2.05) is 0 Å². The molecule has 32 heavy (non-hydrogen) atoms. The van der Waals surface area contributed by atoms with E-state index >= 15 is 0 Å². The Morgan fingerprint density at radius 3 is 2.44 bits per heavy atom. The normalized spacial score (nSPS) is 16.4. The summed E-state index contributed by atoms with van der Waals surface area (Å²) in [6.07, 6.45) is 0. The van der Waals surface area contributed by atoms with Crippen molar-refractivity contribution in [3.63, 3.8) is 0 Å². The first-order valence-electron chi connectivity index (χ1n) is 10.1. The van der Waals surface area contributed by atoms with Crippen LogP contribution in [0, 0.1) is 6.92 Å². The zero-order valence-corrected chi connectivity index (χ0v) is 18.4. The molecular weight excluding hydrogens is 438 g/mol. The number of morpholine rings is 1. The summed E-state index contributed by atoms with van der Waals surface area (Å²) in [6, 6.07) is 9.05. The van der Waals surface area contributed by atoms with E-state index in [2.05, 4.69) is 0 Å². The molecule has 0 saturated carbocycles. The second-order valence-electron chi connectivity index (χ2n) is 7.35. The molecule has 170 valence electrons. The smallest absolute Gasteiger partial charge is 0.338 e. The first-order valence-corrected chi connectivity index (χ1v) is 11.6. The first kappa shape index (κ1) is 22.3. The van der Waals surface area contributed by atoms with E-state index in [0.717, 1.165) is 0 Å². The highest BCUT2D eigenvalue weighted by molar-refractivity contribution is 7.89. The average Bonchev–Trinajstić information content (AvgIpc) is 2.82. The van der Waals surface area contributed by atoms with Gasteiger partial charge in [-0.2, -0.15) is 4.31 Å². The lowest BCUT2D eigenvalue weighted by Gasteiger charge is -2.26. The van der Waals surface area contributed by atoms with Crippen LogP contribution in [0.25, 0.3) is 0 Å². The molecular formula is C22H23NO8S. The second-order valence-corrected chi connectivity index (χ2v) is 9.29. The van der Waals surface area contributed by atoms with Crippen LogP contribution in [0.4, 0.5) is 0 Å². The standard InChI is InChI=1S/C22H23NO8S/c1-15-2-4-17(32(26,27)23-6-8-28-9-7-23)13-18(15)22(25)31-14-19(24)16-3-5-20-21(12-16)30-11-10-29-20/h2-5,12-13H,6-11,14H2,1H3. The maximum atomic E-state index is 12.9. The van der Waals surface area contributed by atoms with Gasteiger partial charge >= 0.3 is 5.97 Å². The van der Waals surface area contributed by atoms with Gasteiger partial charge in [-0.15, -0.1) is 0 Å². The number of carbonyl (C=O) groups excluding carboxylic acids is 2. The topological polar surface area (TPSA) is 108 Å². The zero-order valence-electron chi connectivity index (χ0n) is 17.5. The molecule has 0 atom stereocenters. The number of carbonyl (C=O) groups is 2. The van der Waals surface area contributed by atoms with Crippen LogP contribution in [0.5, 0.6) is 11.5 Å². The van der Waals surface area contributed by atoms with Crippen molar-refractivity contribution >= 4 is 21.8 Å². The van der Waals surface area contributed by atoms with Gasteiger partial charge in [0.2, 0.25) is 10.0 Å². The Kier molecular flexibility index (Phi) is 6.45. The number of nitrogens with zero attached hydrogens (tertiary/aromatic N) is 1. The minimum atomic E-state index is -3.77. The average molecular weight is 461 g/mol. The molecule has 9 nitrogen and oxygen atoms in total. The van der Waals surface area contributed by atoms with Crippen molar-refractivity contribution in [1.29, 1.82) is 0 Å². The number of hydrogen-bond donors (Lipinski definition) is 0. The van der Waals surface area contributed by atoms with Crippen LogP contribution >= 0.6 is 0 Å². The highest BCUT2D eigenvalue weighted by Crippen LogP contribution is 2.31. The molecule has 0 unspecified atom stereocenters. The van der Waals surface area contributed by atoms with Gasteiger partial charge in [0.1, 0.15) is 13.2 Å². The van der Waals surface area contributed by atoms with Crippen molar-refractivity contribution in [2.45, 2.75) is 11.8 Å². The van der Waals surface area contributed by atoms with Gasteiger partial charge in [0.25, 0.3) is 0 Å². The van der Waals surface area contributed by atoms with E-state index in [0.29, 0.717) is 49.1 Å². The van der Waals surface area contributed by atoms with E-state index in [-0.39, 0.29) is 23.5 Å². The molecule has 2 heterocycles. The molecule has 0 bridgehead atoms. The van der Waals surface area contributed by atoms with Gasteiger partial charge in [-0.05, 0) is 42.8 Å². The van der Waals surface area contributed by atoms with Crippen molar-refractivity contribution in [1.82, 2.24) is 4.31 Å². The number of sulfonamides is 1. The molecule has 0 radical (unpaired) electrons. The predicted molar refractivity (Wildman–Crippen MR) is 113 cm³/mol. The van der Waals surface area contributed by atoms with Gasteiger partial charge < -0.3 is 18.9 Å². The zero-order chi connectivity index (χ0) is 22.7.